The minimum absolute atomic E-state index is 0.299. The highest BCUT2D eigenvalue weighted by Crippen LogP contribution is 2.23. The summed E-state index contributed by atoms with van der Waals surface area (Å²) in [5.74, 6) is 0.366. The SMILES string of the molecule is COC(=O)C(N)Cc1ccc(Oc2ccc(CC3OC(=O)NC3=O)cc2)cc1. The summed E-state index contributed by atoms with van der Waals surface area (Å²) in [7, 11) is 1.31. The van der Waals surface area contributed by atoms with Crippen LogP contribution in [0.3, 0.4) is 0 Å². The second-order valence-corrected chi connectivity index (χ2v) is 6.31. The molecule has 8 heteroatoms. The molecule has 2 amide bonds. The van der Waals surface area contributed by atoms with Crippen molar-refractivity contribution in [2.75, 3.05) is 7.11 Å². The fourth-order valence-electron chi connectivity index (χ4n) is 2.75. The van der Waals surface area contributed by atoms with Gasteiger partial charge in [-0.05, 0) is 41.8 Å². The van der Waals surface area contributed by atoms with Crippen LogP contribution in [0.5, 0.6) is 11.5 Å². The number of hydrogen-bond donors (Lipinski definition) is 2. The first-order valence-corrected chi connectivity index (χ1v) is 8.65. The third-order valence-electron chi connectivity index (χ3n) is 4.23. The zero-order valence-corrected chi connectivity index (χ0v) is 15.2. The predicted molar refractivity (Wildman–Crippen MR) is 98.8 cm³/mol. The molecule has 146 valence electrons. The molecule has 0 aliphatic carbocycles. The maximum absolute atomic E-state index is 11.5. The van der Waals surface area contributed by atoms with Gasteiger partial charge in [-0.15, -0.1) is 0 Å². The molecule has 0 radical (unpaired) electrons. The molecule has 2 atom stereocenters. The van der Waals surface area contributed by atoms with Gasteiger partial charge in [-0.25, -0.2) is 4.79 Å². The van der Waals surface area contributed by atoms with Gasteiger partial charge in [0, 0.05) is 6.42 Å². The molecule has 0 aromatic heterocycles. The fraction of sp³-hybridized carbons (Fsp3) is 0.250. The molecule has 0 saturated carbocycles. The fourth-order valence-corrected chi connectivity index (χ4v) is 2.75. The number of carbonyl (C=O) groups excluding carboxylic acids is 3. The van der Waals surface area contributed by atoms with E-state index in [2.05, 4.69) is 10.1 Å². The van der Waals surface area contributed by atoms with E-state index in [0.29, 0.717) is 24.3 Å². The lowest BCUT2D eigenvalue weighted by atomic mass is 10.1. The Kier molecular flexibility index (Phi) is 5.90. The number of benzene rings is 2. The average molecular weight is 384 g/mol. The predicted octanol–water partition coefficient (Wildman–Crippen LogP) is 1.70. The minimum atomic E-state index is -0.803. The molecular formula is C20H20N2O6. The summed E-state index contributed by atoms with van der Waals surface area (Å²) < 4.78 is 15.3. The number of nitrogens with two attached hydrogens (primary N) is 1. The highest BCUT2D eigenvalue weighted by Gasteiger charge is 2.31. The van der Waals surface area contributed by atoms with Crippen LogP contribution in [-0.2, 0) is 31.9 Å². The van der Waals surface area contributed by atoms with Gasteiger partial charge >= 0.3 is 12.1 Å². The van der Waals surface area contributed by atoms with E-state index in [0.717, 1.165) is 11.1 Å². The second kappa shape index (κ2) is 8.53. The third-order valence-corrected chi connectivity index (χ3v) is 4.23. The van der Waals surface area contributed by atoms with Gasteiger partial charge in [0.1, 0.15) is 17.5 Å². The second-order valence-electron chi connectivity index (χ2n) is 6.31. The number of hydrogen-bond acceptors (Lipinski definition) is 7. The van der Waals surface area contributed by atoms with Crippen LogP contribution in [0.2, 0.25) is 0 Å². The number of methoxy groups -OCH3 is 1. The molecule has 3 rings (SSSR count). The van der Waals surface area contributed by atoms with Crippen LogP contribution in [0, 0.1) is 0 Å². The first-order valence-electron chi connectivity index (χ1n) is 8.65. The largest absolute Gasteiger partial charge is 0.468 e. The Morgan fingerprint density at radius 2 is 1.64 bits per heavy atom. The van der Waals surface area contributed by atoms with Gasteiger partial charge in [-0.1, -0.05) is 24.3 Å². The normalized spacial score (nSPS) is 16.9. The molecule has 3 N–H and O–H groups in total. The number of amides is 2. The van der Waals surface area contributed by atoms with E-state index in [-0.39, 0.29) is 0 Å². The van der Waals surface area contributed by atoms with Gasteiger partial charge in [0.05, 0.1) is 7.11 Å². The lowest BCUT2D eigenvalue weighted by Crippen LogP contribution is -2.33. The smallest absolute Gasteiger partial charge is 0.414 e. The molecule has 1 fully saturated rings. The Hall–Kier alpha value is -3.39. The number of carbonyl (C=O) groups is 3. The van der Waals surface area contributed by atoms with Gasteiger partial charge in [0.25, 0.3) is 5.91 Å². The first-order chi connectivity index (χ1) is 13.4. The summed E-state index contributed by atoms with van der Waals surface area (Å²) in [5.41, 5.74) is 7.49. The Morgan fingerprint density at radius 3 is 2.14 bits per heavy atom. The quantitative estimate of drug-likeness (QED) is 0.698. The number of imide groups is 1. The van der Waals surface area contributed by atoms with Crippen molar-refractivity contribution >= 4 is 18.0 Å². The lowest BCUT2D eigenvalue weighted by Gasteiger charge is -2.11. The molecular weight excluding hydrogens is 364 g/mol. The van der Waals surface area contributed by atoms with E-state index in [1.54, 1.807) is 36.4 Å². The minimum Gasteiger partial charge on any atom is -0.468 e. The molecule has 2 aromatic carbocycles. The van der Waals surface area contributed by atoms with E-state index in [4.69, 9.17) is 15.2 Å². The Bertz CT molecular complexity index is 863. The molecule has 0 spiro atoms. The number of alkyl carbamates (subject to hydrolysis) is 1. The molecule has 28 heavy (non-hydrogen) atoms. The summed E-state index contributed by atoms with van der Waals surface area (Å²) in [4.78, 5) is 33.9. The topological polar surface area (TPSA) is 117 Å². The van der Waals surface area contributed by atoms with Crippen molar-refractivity contribution in [3.05, 3.63) is 59.7 Å². The highest BCUT2D eigenvalue weighted by atomic mass is 16.6. The van der Waals surface area contributed by atoms with Crippen molar-refractivity contribution in [2.24, 2.45) is 5.73 Å². The van der Waals surface area contributed by atoms with E-state index >= 15 is 0 Å². The van der Waals surface area contributed by atoms with Gasteiger partial charge < -0.3 is 19.9 Å². The third kappa shape index (κ3) is 4.86. The van der Waals surface area contributed by atoms with Crippen LogP contribution < -0.4 is 15.8 Å². The molecule has 1 aliphatic rings. The summed E-state index contributed by atoms with van der Waals surface area (Å²) >= 11 is 0. The molecule has 2 aromatic rings. The Labute approximate surface area is 161 Å². The standard InChI is InChI=1S/C20H20N2O6/c1-26-19(24)16(21)10-12-2-6-14(7-3-12)27-15-8-4-13(5-9-15)11-17-18(23)22-20(25)28-17/h2-9,16-17H,10-11,21H2,1H3,(H,22,23,25). The lowest BCUT2D eigenvalue weighted by molar-refractivity contribution is -0.142. The van der Waals surface area contributed by atoms with Gasteiger partial charge in [0.15, 0.2) is 6.10 Å². The van der Waals surface area contributed by atoms with E-state index in [1.165, 1.54) is 7.11 Å². The number of esters is 1. The van der Waals surface area contributed by atoms with E-state index in [1.807, 2.05) is 12.1 Å². The molecule has 1 saturated heterocycles. The number of cyclic esters (lactones) is 1. The number of nitrogens with one attached hydrogen (secondary N) is 1. The Balaban J connectivity index is 1.56. The van der Waals surface area contributed by atoms with Crippen molar-refractivity contribution in [3.63, 3.8) is 0 Å². The van der Waals surface area contributed by atoms with Crippen molar-refractivity contribution in [1.29, 1.82) is 0 Å². The monoisotopic (exact) mass is 384 g/mol. The summed E-state index contributed by atoms with van der Waals surface area (Å²) in [5, 5.41) is 2.10. The van der Waals surface area contributed by atoms with Crippen LogP contribution in [0.15, 0.2) is 48.5 Å². The number of ether oxygens (including phenoxy) is 3. The average Bonchev–Trinajstić information content (AvgIpc) is 3.01. The van der Waals surface area contributed by atoms with Crippen molar-refractivity contribution in [3.8, 4) is 11.5 Å². The zero-order chi connectivity index (χ0) is 20.1. The van der Waals surface area contributed by atoms with Gasteiger partial charge in [0.2, 0.25) is 0 Å². The maximum atomic E-state index is 11.5. The van der Waals surface area contributed by atoms with Crippen LogP contribution in [0.4, 0.5) is 4.79 Å². The zero-order valence-electron chi connectivity index (χ0n) is 15.2. The van der Waals surface area contributed by atoms with Crippen LogP contribution in [0.1, 0.15) is 11.1 Å². The van der Waals surface area contributed by atoms with Crippen molar-refractivity contribution in [2.45, 2.75) is 25.0 Å². The first kappa shape index (κ1) is 19.4. The van der Waals surface area contributed by atoms with Crippen molar-refractivity contribution in [1.82, 2.24) is 5.32 Å². The highest BCUT2D eigenvalue weighted by molar-refractivity contribution is 6.00. The molecule has 1 aliphatic heterocycles. The van der Waals surface area contributed by atoms with Crippen LogP contribution in [0.25, 0.3) is 0 Å². The summed E-state index contributed by atoms with van der Waals surface area (Å²) in [6.45, 7) is 0. The van der Waals surface area contributed by atoms with Gasteiger partial charge in [-0.3, -0.25) is 14.9 Å². The van der Waals surface area contributed by atoms with E-state index < -0.39 is 30.1 Å². The maximum Gasteiger partial charge on any atom is 0.414 e. The molecule has 8 nitrogen and oxygen atoms in total. The van der Waals surface area contributed by atoms with Crippen LogP contribution >= 0.6 is 0 Å². The van der Waals surface area contributed by atoms with Gasteiger partial charge in [-0.2, -0.15) is 0 Å². The van der Waals surface area contributed by atoms with Crippen LogP contribution in [-0.4, -0.2) is 37.2 Å². The Morgan fingerprint density at radius 1 is 1.07 bits per heavy atom. The molecule has 1 heterocycles. The molecule has 0 bridgehead atoms. The summed E-state index contributed by atoms with van der Waals surface area (Å²) in [6.07, 6.45) is -0.845. The summed E-state index contributed by atoms with van der Waals surface area (Å²) in [6, 6.07) is 13.7. The van der Waals surface area contributed by atoms with Crippen molar-refractivity contribution < 1.29 is 28.6 Å². The number of rotatable bonds is 7. The molecule has 2 unspecified atom stereocenters. The van der Waals surface area contributed by atoms with E-state index in [9.17, 15) is 14.4 Å².